The van der Waals surface area contributed by atoms with Gasteiger partial charge in [-0.2, -0.15) is 0 Å². The maximum absolute atomic E-state index is 4.31. The van der Waals surface area contributed by atoms with Crippen molar-refractivity contribution in [1.29, 1.82) is 0 Å². The molecule has 3 rings (SSSR count). The summed E-state index contributed by atoms with van der Waals surface area (Å²) in [4.78, 5) is 5.58. The van der Waals surface area contributed by atoms with Gasteiger partial charge in [0, 0.05) is 16.3 Å². The molecule has 0 atom stereocenters. The van der Waals surface area contributed by atoms with Crippen LogP contribution in [0.25, 0.3) is 20.0 Å². The Morgan fingerprint density at radius 1 is 1.14 bits per heavy atom. The molecule has 0 aliphatic heterocycles. The first-order valence-corrected chi connectivity index (χ1v) is 6.01. The van der Waals surface area contributed by atoms with Gasteiger partial charge in [-0.15, -0.1) is 22.7 Å². The van der Waals surface area contributed by atoms with E-state index in [9.17, 15) is 0 Å². The molecule has 3 aromatic rings. The molecule has 0 N–H and O–H groups in total. The minimum absolute atomic E-state index is 1.12. The van der Waals surface area contributed by atoms with Gasteiger partial charge in [0.05, 0.1) is 4.88 Å². The van der Waals surface area contributed by atoms with Crippen molar-refractivity contribution >= 4 is 32.8 Å². The molecule has 0 spiro atoms. The van der Waals surface area contributed by atoms with E-state index >= 15 is 0 Å². The number of thiazole rings is 1. The summed E-state index contributed by atoms with van der Waals surface area (Å²) >= 11 is 3.49. The van der Waals surface area contributed by atoms with E-state index in [0.29, 0.717) is 0 Å². The number of fused-ring (bicyclic) bond motifs is 1. The summed E-state index contributed by atoms with van der Waals surface area (Å²) in [6.45, 7) is 0. The summed E-state index contributed by atoms with van der Waals surface area (Å²) in [5.41, 5.74) is 0. The molecule has 2 aromatic heterocycles. The summed E-state index contributed by atoms with van der Waals surface area (Å²) in [5, 5.41) is 4.44. The largest absolute Gasteiger partial charge is 0.244 e. The SMILES string of the molecule is c1ccc2sc(-c3nccs3)cc2c1. The van der Waals surface area contributed by atoms with E-state index in [2.05, 4.69) is 35.3 Å². The van der Waals surface area contributed by atoms with E-state index in [1.807, 2.05) is 11.6 Å². The normalized spacial score (nSPS) is 10.9. The third-order valence-electron chi connectivity index (χ3n) is 2.07. The van der Waals surface area contributed by atoms with Crippen LogP contribution < -0.4 is 0 Å². The van der Waals surface area contributed by atoms with Crippen molar-refractivity contribution in [1.82, 2.24) is 4.98 Å². The molecule has 0 bridgehead atoms. The number of hydrogen-bond acceptors (Lipinski definition) is 3. The summed E-state index contributed by atoms with van der Waals surface area (Å²) in [5.74, 6) is 0. The second kappa shape index (κ2) is 3.19. The van der Waals surface area contributed by atoms with Crippen molar-refractivity contribution in [3.8, 4) is 9.88 Å². The standard InChI is InChI=1S/C11H7NS2/c1-2-4-9-8(3-1)7-10(14-9)11-12-5-6-13-11/h1-7H. The second-order valence-electron chi connectivity index (χ2n) is 2.99. The van der Waals surface area contributed by atoms with Gasteiger partial charge in [0.15, 0.2) is 0 Å². The quantitative estimate of drug-likeness (QED) is 0.600. The van der Waals surface area contributed by atoms with Gasteiger partial charge in [-0.05, 0) is 17.5 Å². The van der Waals surface area contributed by atoms with E-state index in [-0.39, 0.29) is 0 Å². The van der Waals surface area contributed by atoms with Crippen molar-refractivity contribution in [3.63, 3.8) is 0 Å². The van der Waals surface area contributed by atoms with Crippen LogP contribution in [-0.4, -0.2) is 4.98 Å². The lowest BCUT2D eigenvalue weighted by Gasteiger charge is -1.84. The Labute approximate surface area is 89.7 Å². The monoisotopic (exact) mass is 217 g/mol. The molecule has 1 nitrogen and oxygen atoms in total. The lowest BCUT2D eigenvalue weighted by Crippen LogP contribution is -1.64. The van der Waals surface area contributed by atoms with Crippen molar-refractivity contribution in [3.05, 3.63) is 41.9 Å². The fourth-order valence-corrected chi connectivity index (χ4v) is 3.20. The van der Waals surface area contributed by atoms with Crippen LogP contribution in [0.15, 0.2) is 41.9 Å². The molecule has 0 aliphatic carbocycles. The highest BCUT2D eigenvalue weighted by Gasteiger charge is 2.04. The van der Waals surface area contributed by atoms with Crippen molar-refractivity contribution in [2.75, 3.05) is 0 Å². The molecule has 0 saturated carbocycles. The first kappa shape index (κ1) is 8.15. The number of aromatic nitrogens is 1. The molecule has 0 saturated heterocycles. The van der Waals surface area contributed by atoms with E-state index in [1.54, 1.807) is 22.7 Å². The average Bonchev–Trinajstić information content (AvgIpc) is 2.86. The first-order chi connectivity index (χ1) is 6.93. The van der Waals surface area contributed by atoms with Crippen LogP contribution in [0.5, 0.6) is 0 Å². The molecule has 0 fully saturated rings. The summed E-state index contributed by atoms with van der Waals surface area (Å²) in [7, 11) is 0. The minimum Gasteiger partial charge on any atom is -0.244 e. The fraction of sp³-hybridized carbons (Fsp3) is 0. The molecule has 68 valence electrons. The molecule has 0 radical (unpaired) electrons. The Balaban J connectivity index is 2.24. The Morgan fingerprint density at radius 3 is 2.86 bits per heavy atom. The van der Waals surface area contributed by atoms with Crippen molar-refractivity contribution in [2.45, 2.75) is 0 Å². The van der Waals surface area contributed by atoms with Gasteiger partial charge in [0.2, 0.25) is 0 Å². The van der Waals surface area contributed by atoms with Crippen LogP contribution in [-0.2, 0) is 0 Å². The summed E-state index contributed by atoms with van der Waals surface area (Å²) in [6.07, 6.45) is 1.85. The van der Waals surface area contributed by atoms with E-state index in [0.717, 1.165) is 5.01 Å². The highest BCUT2D eigenvalue weighted by molar-refractivity contribution is 7.25. The lowest BCUT2D eigenvalue weighted by atomic mass is 10.2. The molecule has 14 heavy (non-hydrogen) atoms. The summed E-state index contributed by atoms with van der Waals surface area (Å²) < 4.78 is 1.33. The second-order valence-corrected chi connectivity index (χ2v) is 4.96. The van der Waals surface area contributed by atoms with E-state index in [4.69, 9.17) is 0 Å². The smallest absolute Gasteiger partial charge is 0.133 e. The molecule has 2 heterocycles. The molecule has 1 aromatic carbocycles. The minimum atomic E-state index is 1.12. The Morgan fingerprint density at radius 2 is 2.07 bits per heavy atom. The van der Waals surface area contributed by atoms with Gasteiger partial charge in [0.25, 0.3) is 0 Å². The molecule has 3 heteroatoms. The zero-order chi connectivity index (χ0) is 9.38. The van der Waals surface area contributed by atoms with Gasteiger partial charge < -0.3 is 0 Å². The van der Waals surface area contributed by atoms with Crippen LogP contribution in [0.3, 0.4) is 0 Å². The van der Waals surface area contributed by atoms with Crippen LogP contribution in [0, 0.1) is 0 Å². The van der Waals surface area contributed by atoms with Gasteiger partial charge in [0.1, 0.15) is 5.01 Å². The van der Waals surface area contributed by atoms with Crippen molar-refractivity contribution < 1.29 is 0 Å². The van der Waals surface area contributed by atoms with Crippen LogP contribution in [0.4, 0.5) is 0 Å². The van der Waals surface area contributed by atoms with Gasteiger partial charge >= 0.3 is 0 Å². The molecular weight excluding hydrogens is 210 g/mol. The molecular formula is C11H7NS2. The van der Waals surface area contributed by atoms with Crippen molar-refractivity contribution in [2.24, 2.45) is 0 Å². The molecule has 0 aliphatic rings. The van der Waals surface area contributed by atoms with E-state index in [1.165, 1.54) is 15.0 Å². The van der Waals surface area contributed by atoms with Gasteiger partial charge in [-0.3, -0.25) is 0 Å². The van der Waals surface area contributed by atoms with Crippen LogP contribution >= 0.6 is 22.7 Å². The molecule has 0 amide bonds. The van der Waals surface area contributed by atoms with Crippen LogP contribution in [0.1, 0.15) is 0 Å². The lowest BCUT2D eigenvalue weighted by molar-refractivity contribution is 1.43. The average molecular weight is 217 g/mol. The maximum atomic E-state index is 4.31. The van der Waals surface area contributed by atoms with Gasteiger partial charge in [-0.1, -0.05) is 18.2 Å². The highest BCUT2D eigenvalue weighted by atomic mass is 32.1. The number of benzene rings is 1. The first-order valence-electron chi connectivity index (χ1n) is 4.32. The Bertz CT molecular complexity index is 518. The highest BCUT2D eigenvalue weighted by Crippen LogP contribution is 2.33. The zero-order valence-electron chi connectivity index (χ0n) is 7.31. The number of thiophene rings is 1. The predicted molar refractivity (Wildman–Crippen MR) is 62.9 cm³/mol. The number of nitrogens with zero attached hydrogens (tertiary/aromatic N) is 1. The maximum Gasteiger partial charge on any atom is 0.133 e. The van der Waals surface area contributed by atoms with Crippen LogP contribution in [0.2, 0.25) is 0 Å². The topological polar surface area (TPSA) is 12.9 Å². The number of hydrogen-bond donors (Lipinski definition) is 0. The molecule has 0 unspecified atom stereocenters. The Hall–Kier alpha value is -1.19. The third kappa shape index (κ3) is 1.25. The summed E-state index contributed by atoms with van der Waals surface area (Å²) in [6, 6.07) is 10.6. The Kier molecular flexibility index (Phi) is 1.85. The fourth-order valence-electron chi connectivity index (χ4n) is 1.43. The number of rotatable bonds is 1. The van der Waals surface area contributed by atoms with E-state index < -0.39 is 0 Å². The third-order valence-corrected chi connectivity index (χ3v) is 4.13. The predicted octanol–water partition coefficient (Wildman–Crippen LogP) is 4.02. The van der Waals surface area contributed by atoms with Gasteiger partial charge in [-0.25, -0.2) is 4.98 Å². The zero-order valence-corrected chi connectivity index (χ0v) is 8.94.